The van der Waals surface area contributed by atoms with Crippen LogP contribution in [0.25, 0.3) is 0 Å². The first kappa shape index (κ1) is 14.0. The van der Waals surface area contributed by atoms with Gasteiger partial charge in [0.15, 0.2) is 0 Å². The second-order valence-corrected chi connectivity index (χ2v) is 5.04. The van der Waals surface area contributed by atoms with Gasteiger partial charge < -0.3 is 15.8 Å². The highest BCUT2D eigenvalue weighted by Crippen LogP contribution is 2.25. The number of rotatable bonds is 7. The van der Waals surface area contributed by atoms with E-state index in [1.165, 1.54) is 5.75 Å². The molecular weight excluding hydrogens is 232 g/mol. The molecule has 96 valence electrons. The summed E-state index contributed by atoms with van der Waals surface area (Å²) >= 11 is 1.87. The smallest absolute Gasteiger partial charge is 0.144 e. The van der Waals surface area contributed by atoms with E-state index in [2.05, 4.69) is 18.5 Å². The topological polar surface area (TPSA) is 47.3 Å². The average Bonchev–Trinajstić information content (AvgIpc) is 2.31. The van der Waals surface area contributed by atoms with Gasteiger partial charge in [0.2, 0.25) is 0 Å². The standard InChI is InChI=1S/C13H22N2OS/c1-4-16-13-7-11(5-6-12(13)14)15-8-10(2)9-17-3/h5-7,10,15H,4,8-9,14H2,1-3H3. The van der Waals surface area contributed by atoms with Gasteiger partial charge in [0, 0.05) is 18.3 Å². The average molecular weight is 254 g/mol. The molecule has 1 atom stereocenters. The molecule has 1 rings (SSSR count). The second kappa shape index (κ2) is 7.33. The van der Waals surface area contributed by atoms with Crippen LogP contribution in [0.4, 0.5) is 11.4 Å². The molecule has 17 heavy (non-hydrogen) atoms. The minimum atomic E-state index is 0.635. The number of nitrogens with two attached hydrogens (primary N) is 1. The van der Waals surface area contributed by atoms with E-state index in [0.717, 1.165) is 18.0 Å². The molecule has 0 aliphatic rings. The summed E-state index contributed by atoms with van der Waals surface area (Å²) in [5, 5.41) is 3.41. The van der Waals surface area contributed by atoms with Gasteiger partial charge >= 0.3 is 0 Å². The summed E-state index contributed by atoms with van der Waals surface area (Å²) in [6, 6.07) is 5.83. The molecule has 0 saturated heterocycles. The molecule has 0 aromatic heterocycles. The van der Waals surface area contributed by atoms with E-state index >= 15 is 0 Å². The van der Waals surface area contributed by atoms with Gasteiger partial charge in [-0.15, -0.1) is 0 Å². The summed E-state index contributed by atoms with van der Waals surface area (Å²) in [4.78, 5) is 0. The first-order valence-electron chi connectivity index (χ1n) is 5.92. The Hall–Kier alpha value is -1.03. The SMILES string of the molecule is CCOc1cc(NCC(C)CSC)ccc1N. The van der Waals surface area contributed by atoms with E-state index < -0.39 is 0 Å². The molecule has 3 nitrogen and oxygen atoms in total. The van der Waals surface area contributed by atoms with Crippen LogP contribution in [0.15, 0.2) is 18.2 Å². The minimum absolute atomic E-state index is 0.635. The molecule has 4 heteroatoms. The number of anilines is 2. The highest BCUT2D eigenvalue weighted by Gasteiger charge is 2.04. The monoisotopic (exact) mass is 254 g/mol. The third-order valence-electron chi connectivity index (χ3n) is 2.42. The summed E-state index contributed by atoms with van der Waals surface area (Å²) in [6.45, 7) is 5.80. The third-order valence-corrected chi connectivity index (χ3v) is 3.32. The Kier molecular flexibility index (Phi) is 6.05. The van der Waals surface area contributed by atoms with Crippen LogP contribution in [0.3, 0.4) is 0 Å². The van der Waals surface area contributed by atoms with Crippen molar-refractivity contribution in [3.63, 3.8) is 0 Å². The maximum atomic E-state index is 5.82. The largest absolute Gasteiger partial charge is 0.492 e. The molecular formula is C13H22N2OS. The number of hydrogen-bond acceptors (Lipinski definition) is 4. The normalized spacial score (nSPS) is 12.2. The van der Waals surface area contributed by atoms with Crippen LogP contribution in [-0.4, -0.2) is 25.2 Å². The zero-order valence-electron chi connectivity index (χ0n) is 10.8. The number of benzene rings is 1. The van der Waals surface area contributed by atoms with Crippen LogP contribution in [0, 0.1) is 5.92 Å². The fourth-order valence-corrected chi connectivity index (χ4v) is 2.25. The predicted octanol–water partition coefficient (Wildman–Crippen LogP) is 3.08. The van der Waals surface area contributed by atoms with Gasteiger partial charge in [0.1, 0.15) is 5.75 Å². The molecule has 1 aromatic carbocycles. The van der Waals surface area contributed by atoms with E-state index in [-0.39, 0.29) is 0 Å². The van der Waals surface area contributed by atoms with Gasteiger partial charge in [-0.3, -0.25) is 0 Å². The van der Waals surface area contributed by atoms with Crippen molar-refractivity contribution in [2.45, 2.75) is 13.8 Å². The van der Waals surface area contributed by atoms with Crippen LogP contribution in [0.1, 0.15) is 13.8 Å². The van der Waals surface area contributed by atoms with Gasteiger partial charge in [-0.25, -0.2) is 0 Å². The molecule has 3 N–H and O–H groups in total. The number of thioether (sulfide) groups is 1. The van der Waals surface area contributed by atoms with Crippen molar-refractivity contribution >= 4 is 23.1 Å². The molecule has 1 unspecified atom stereocenters. The second-order valence-electron chi connectivity index (χ2n) is 4.13. The number of hydrogen-bond donors (Lipinski definition) is 2. The summed E-state index contributed by atoms with van der Waals surface area (Å²) in [7, 11) is 0. The molecule has 0 fully saturated rings. The Labute approximate surface area is 108 Å². The van der Waals surface area contributed by atoms with Crippen molar-refractivity contribution < 1.29 is 4.74 Å². The summed E-state index contributed by atoms with van der Waals surface area (Å²) in [5.74, 6) is 2.58. The van der Waals surface area contributed by atoms with E-state index in [1.54, 1.807) is 0 Å². The molecule has 0 bridgehead atoms. The van der Waals surface area contributed by atoms with E-state index in [9.17, 15) is 0 Å². The number of ether oxygens (including phenoxy) is 1. The van der Waals surface area contributed by atoms with Crippen LogP contribution in [-0.2, 0) is 0 Å². The lowest BCUT2D eigenvalue weighted by atomic mass is 10.2. The van der Waals surface area contributed by atoms with Gasteiger partial charge in [-0.05, 0) is 37.0 Å². The molecule has 0 radical (unpaired) electrons. The first-order chi connectivity index (χ1) is 8.17. The first-order valence-corrected chi connectivity index (χ1v) is 7.31. The minimum Gasteiger partial charge on any atom is -0.492 e. The van der Waals surface area contributed by atoms with Crippen molar-refractivity contribution in [2.75, 3.05) is 36.2 Å². The Morgan fingerprint density at radius 3 is 2.88 bits per heavy atom. The van der Waals surface area contributed by atoms with Crippen molar-refractivity contribution in [1.82, 2.24) is 0 Å². The molecule has 0 spiro atoms. The van der Waals surface area contributed by atoms with E-state index in [4.69, 9.17) is 10.5 Å². The zero-order valence-corrected chi connectivity index (χ0v) is 11.6. The maximum absolute atomic E-state index is 5.82. The molecule has 0 amide bonds. The van der Waals surface area contributed by atoms with Crippen molar-refractivity contribution in [3.05, 3.63) is 18.2 Å². The maximum Gasteiger partial charge on any atom is 0.144 e. The Balaban J connectivity index is 2.56. The zero-order chi connectivity index (χ0) is 12.7. The summed E-state index contributed by atoms with van der Waals surface area (Å²) in [6.07, 6.45) is 2.13. The predicted molar refractivity (Wildman–Crippen MR) is 78.1 cm³/mol. The van der Waals surface area contributed by atoms with Crippen LogP contribution in [0.5, 0.6) is 5.75 Å². The highest BCUT2D eigenvalue weighted by atomic mass is 32.2. The van der Waals surface area contributed by atoms with Crippen LogP contribution >= 0.6 is 11.8 Å². The van der Waals surface area contributed by atoms with Gasteiger partial charge in [-0.1, -0.05) is 6.92 Å². The number of nitrogen functional groups attached to an aromatic ring is 1. The quantitative estimate of drug-likeness (QED) is 0.734. The van der Waals surface area contributed by atoms with E-state index in [1.807, 2.05) is 36.9 Å². The van der Waals surface area contributed by atoms with Crippen LogP contribution in [0.2, 0.25) is 0 Å². The third kappa shape index (κ3) is 4.77. The lowest BCUT2D eigenvalue weighted by molar-refractivity contribution is 0.342. The lowest BCUT2D eigenvalue weighted by Crippen LogP contribution is -2.13. The Morgan fingerprint density at radius 2 is 2.24 bits per heavy atom. The fourth-order valence-electron chi connectivity index (χ4n) is 1.56. The molecule has 0 aliphatic carbocycles. The fraction of sp³-hybridized carbons (Fsp3) is 0.538. The van der Waals surface area contributed by atoms with Gasteiger partial charge in [0.05, 0.1) is 12.3 Å². The van der Waals surface area contributed by atoms with Gasteiger partial charge in [-0.2, -0.15) is 11.8 Å². The van der Waals surface area contributed by atoms with Gasteiger partial charge in [0.25, 0.3) is 0 Å². The molecule has 0 heterocycles. The number of nitrogens with one attached hydrogen (secondary N) is 1. The summed E-state index contributed by atoms with van der Waals surface area (Å²) in [5.41, 5.74) is 7.58. The van der Waals surface area contributed by atoms with Crippen molar-refractivity contribution in [2.24, 2.45) is 5.92 Å². The highest BCUT2D eigenvalue weighted by molar-refractivity contribution is 7.98. The van der Waals surface area contributed by atoms with Crippen LogP contribution < -0.4 is 15.8 Å². The van der Waals surface area contributed by atoms with Crippen molar-refractivity contribution in [1.29, 1.82) is 0 Å². The van der Waals surface area contributed by atoms with Crippen molar-refractivity contribution in [3.8, 4) is 5.75 Å². The Morgan fingerprint density at radius 1 is 1.47 bits per heavy atom. The van der Waals surface area contributed by atoms with E-state index in [0.29, 0.717) is 18.2 Å². The molecule has 1 aromatic rings. The lowest BCUT2D eigenvalue weighted by Gasteiger charge is -2.14. The molecule has 0 saturated carbocycles. The summed E-state index contributed by atoms with van der Waals surface area (Å²) < 4.78 is 5.46. The Bertz CT molecular complexity index is 344. The molecule has 0 aliphatic heterocycles.